The van der Waals surface area contributed by atoms with Crippen molar-refractivity contribution in [1.29, 1.82) is 0 Å². The molecule has 0 bridgehead atoms. The molecule has 1 heterocycles. The fourth-order valence-electron chi connectivity index (χ4n) is 5.62. The Kier molecular flexibility index (Phi) is 7.82. The molecule has 208 valence electrons. The summed E-state index contributed by atoms with van der Waals surface area (Å²) < 4.78 is 0. The number of pyridine rings is 1. The molecular formula is C35H28ClN3O3. The summed E-state index contributed by atoms with van der Waals surface area (Å²) in [6, 6.07) is 33.4. The molecule has 0 spiro atoms. The number of nitrogens with one attached hydrogen (secondary N) is 2. The number of amides is 2. The van der Waals surface area contributed by atoms with Crippen LogP contribution in [0.3, 0.4) is 0 Å². The average Bonchev–Trinajstić information content (AvgIpc) is 3.04. The molecular weight excluding hydrogens is 546 g/mol. The number of rotatable bonds is 3. The molecule has 3 N–H and O–H groups in total. The molecule has 0 radical (unpaired) electrons. The van der Waals surface area contributed by atoms with E-state index in [9.17, 15) is 9.59 Å². The van der Waals surface area contributed by atoms with E-state index in [0.29, 0.717) is 16.1 Å². The Balaban J connectivity index is 0.000000189. The number of carbonyl (C=O) groups excluding carboxylic acids is 2. The van der Waals surface area contributed by atoms with Crippen LogP contribution in [0.25, 0.3) is 32.4 Å². The highest BCUT2D eigenvalue weighted by Gasteiger charge is 2.22. The lowest BCUT2D eigenvalue weighted by atomic mass is 9.84. The minimum atomic E-state index is -0.518. The lowest BCUT2D eigenvalue weighted by Crippen LogP contribution is -2.38. The summed E-state index contributed by atoms with van der Waals surface area (Å²) in [6.07, 6.45) is 4.51. The van der Waals surface area contributed by atoms with Crippen LogP contribution < -0.4 is 10.8 Å². The van der Waals surface area contributed by atoms with E-state index >= 15 is 0 Å². The van der Waals surface area contributed by atoms with Crippen LogP contribution in [-0.4, -0.2) is 28.0 Å². The summed E-state index contributed by atoms with van der Waals surface area (Å²) >= 11 is 5.93. The SMILES string of the molecule is O=C(NC1CCc2ccc3c(ccc4ccccc43)c2C1)c1ccc(Cl)cc1.O=C(NO)c1ccc2ncccc2c1. The lowest BCUT2D eigenvalue weighted by Gasteiger charge is -2.27. The standard InChI is InChI=1S/C25H20ClNO.C10H8N2O2/c26-19-10-5-18(6-11-19)25(28)27-20-12-7-17-9-13-22-21-4-2-1-3-16(21)8-14-23(22)24(17)15-20;13-10(12-14)8-3-4-9-7(6-8)2-1-5-11-9/h1-6,8-11,13-14,20H,7,12,15H2,(H,27,28);1-6,14H,(H,12,13). The number of hydrogen-bond acceptors (Lipinski definition) is 4. The van der Waals surface area contributed by atoms with Gasteiger partial charge in [-0.3, -0.25) is 19.8 Å². The van der Waals surface area contributed by atoms with Crippen LogP contribution in [0.2, 0.25) is 5.02 Å². The highest BCUT2D eigenvalue weighted by atomic mass is 35.5. The molecule has 7 heteroatoms. The third-order valence-electron chi connectivity index (χ3n) is 7.76. The zero-order valence-corrected chi connectivity index (χ0v) is 23.4. The number of carbonyl (C=O) groups is 2. The number of aromatic nitrogens is 1. The third kappa shape index (κ3) is 5.68. The molecule has 0 saturated heterocycles. The first kappa shape index (κ1) is 27.4. The summed E-state index contributed by atoms with van der Waals surface area (Å²) in [5.41, 5.74) is 6.24. The number of hydroxylamine groups is 1. The van der Waals surface area contributed by atoms with Gasteiger partial charge >= 0.3 is 0 Å². The molecule has 1 atom stereocenters. The van der Waals surface area contributed by atoms with E-state index in [2.05, 4.69) is 58.8 Å². The van der Waals surface area contributed by atoms with Crippen LogP contribution in [0.5, 0.6) is 0 Å². The Morgan fingerprint density at radius 2 is 1.52 bits per heavy atom. The first-order valence-electron chi connectivity index (χ1n) is 13.8. The van der Waals surface area contributed by atoms with E-state index in [1.54, 1.807) is 60.2 Å². The number of aryl methyl sites for hydroxylation is 1. The maximum atomic E-state index is 12.6. The van der Waals surface area contributed by atoms with Gasteiger partial charge in [0.1, 0.15) is 0 Å². The second-order valence-electron chi connectivity index (χ2n) is 10.4. The van der Waals surface area contributed by atoms with Crippen molar-refractivity contribution in [2.75, 3.05) is 0 Å². The zero-order valence-electron chi connectivity index (χ0n) is 22.7. The van der Waals surface area contributed by atoms with E-state index in [0.717, 1.165) is 30.2 Å². The van der Waals surface area contributed by atoms with Gasteiger partial charge in [-0.05, 0) is 100 Å². The molecule has 1 aromatic heterocycles. The maximum Gasteiger partial charge on any atom is 0.274 e. The number of nitrogens with zero attached hydrogens (tertiary/aromatic N) is 1. The van der Waals surface area contributed by atoms with Crippen molar-refractivity contribution < 1.29 is 14.8 Å². The number of halogens is 1. The van der Waals surface area contributed by atoms with E-state index < -0.39 is 5.91 Å². The van der Waals surface area contributed by atoms with Gasteiger partial charge in [-0.25, -0.2) is 5.48 Å². The Bertz CT molecular complexity index is 1940. The molecule has 1 unspecified atom stereocenters. The highest BCUT2D eigenvalue weighted by molar-refractivity contribution is 6.30. The molecule has 1 aliphatic carbocycles. The van der Waals surface area contributed by atoms with Crippen LogP contribution in [0.4, 0.5) is 0 Å². The molecule has 7 rings (SSSR count). The van der Waals surface area contributed by atoms with Gasteiger partial charge in [0.25, 0.3) is 11.8 Å². The molecule has 2 amide bonds. The van der Waals surface area contributed by atoms with Crippen molar-refractivity contribution in [3.8, 4) is 0 Å². The Morgan fingerprint density at radius 3 is 2.36 bits per heavy atom. The minimum absolute atomic E-state index is 0.0317. The van der Waals surface area contributed by atoms with Crippen molar-refractivity contribution in [2.45, 2.75) is 25.3 Å². The fraction of sp³-hybridized carbons (Fsp3) is 0.114. The Labute approximate surface area is 247 Å². The molecule has 0 saturated carbocycles. The molecule has 42 heavy (non-hydrogen) atoms. The second-order valence-corrected chi connectivity index (χ2v) is 10.8. The van der Waals surface area contributed by atoms with Gasteiger partial charge in [0.15, 0.2) is 0 Å². The van der Waals surface area contributed by atoms with Gasteiger partial charge in [0.05, 0.1) is 5.52 Å². The van der Waals surface area contributed by atoms with Crippen LogP contribution >= 0.6 is 11.6 Å². The van der Waals surface area contributed by atoms with Crippen LogP contribution in [-0.2, 0) is 12.8 Å². The smallest absolute Gasteiger partial charge is 0.274 e. The maximum absolute atomic E-state index is 12.6. The van der Waals surface area contributed by atoms with Gasteiger partial charge in [-0.2, -0.15) is 0 Å². The quantitative estimate of drug-likeness (QED) is 0.118. The van der Waals surface area contributed by atoms with Crippen molar-refractivity contribution in [3.63, 3.8) is 0 Å². The molecule has 0 aliphatic heterocycles. The van der Waals surface area contributed by atoms with Crippen LogP contribution in [0, 0.1) is 0 Å². The minimum Gasteiger partial charge on any atom is -0.349 e. The van der Waals surface area contributed by atoms with Crippen molar-refractivity contribution in [2.24, 2.45) is 0 Å². The summed E-state index contributed by atoms with van der Waals surface area (Å²) in [5.74, 6) is -0.549. The van der Waals surface area contributed by atoms with Gasteiger partial charge < -0.3 is 5.32 Å². The van der Waals surface area contributed by atoms with Gasteiger partial charge in [0, 0.05) is 33.8 Å². The number of benzene rings is 5. The first-order valence-corrected chi connectivity index (χ1v) is 14.2. The normalized spacial score (nSPS) is 14.1. The predicted octanol–water partition coefficient (Wildman–Crippen LogP) is 7.29. The Hall–Kier alpha value is -4.78. The second kappa shape index (κ2) is 12.0. The summed E-state index contributed by atoms with van der Waals surface area (Å²) in [5, 5.41) is 18.3. The van der Waals surface area contributed by atoms with Crippen LogP contribution in [0.1, 0.15) is 38.3 Å². The van der Waals surface area contributed by atoms with E-state index in [-0.39, 0.29) is 11.9 Å². The largest absolute Gasteiger partial charge is 0.349 e. The molecule has 6 nitrogen and oxygen atoms in total. The topological polar surface area (TPSA) is 91.3 Å². The van der Waals surface area contributed by atoms with E-state index in [1.165, 1.54) is 32.7 Å². The Morgan fingerprint density at radius 1 is 0.762 bits per heavy atom. The summed E-state index contributed by atoms with van der Waals surface area (Å²) in [4.78, 5) is 27.8. The lowest BCUT2D eigenvalue weighted by molar-refractivity contribution is 0.0706. The van der Waals surface area contributed by atoms with Crippen molar-refractivity contribution >= 4 is 55.9 Å². The molecule has 6 aromatic rings. The number of fused-ring (bicyclic) bond motifs is 6. The van der Waals surface area contributed by atoms with Gasteiger partial charge in [0.2, 0.25) is 0 Å². The first-order chi connectivity index (χ1) is 20.5. The monoisotopic (exact) mass is 573 g/mol. The third-order valence-corrected chi connectivity index (χ3v) is 8.01. The van der Waals surface area contributed by atoms with Gasteiger partial charge in [-0.1, -0.05) is 66.2 Å². The zero-order chi connectivity index (χ0) is 29.1. The van der Waals surface area contributed by atoms with Crippen molar-refractivity contribution in [3.05, 3.63) is 137 Å². The van der Waals surface area contributed by atoms with E-state index in [1.807, 2.05) is 6.07 Å². The molecule has 5 aromatic carbocycles. The predicted molar refractivity (Wildman–Crippen MR) is 167 cm³/mol. The number of hydrogen-bond donors (Lipinski definition) is 3. The molecule has 0 fully saturated rings. The average molecular weight is 574 g/mol. The summed E-state index contributed by atoms with van der Waals surface area (Å²) in [6.45, 7) is 0. The van der Waals surface area contributed by atoms with Crippen molar-refractivity contribution in [1.82, 2.24) is 15.8 Å². The highest BCUT2D eigenvalue weighted by Crippen LogP contribution is 2.33. The fourth-order valence-corrected chi connectivity index (χ4v) is 5.75. The van der Waals surface area contributed by atoms with Crippen LogP contribution in [0.15, 0.2) is 109 Å². The molecule has 1 aliphatic rings. The van der Waals surface area contributed by atoms with Gasteiger partial charge in [-0.15, -0.1) is 0 Å². The summed E-state index contributed by atoms with van der Waals surface area (Å²) in [7, 11) is 0. The van der Waals surface area contributed by atoms with E-state index in [4.69, 9.17) is 16.8 Å².